The van der Waals surface area contributed by atoms with Crippen molar-refractivity contribution in [2.45, 2.75) is 39.2 Å². The molecule has 0 aliphatic carbocycles. The molecule has 1 N–H and O–H groups in total. The maximum atomic E-state index is 9.49. The summed E-state index contributed by atoms with van der Waals surface area (Å²) in [6.45, 7) is 4.03. The van der Waals surface area contributed by atoms with Gasteiger partial charge in [0.15, 0.2) is 0 Å². The van der Waals surface area contributed by atoms with Gasteiger partial charge in [-0.05, 0) is 31.2 Å². The van der Waals surface area contributed by atoms with Crippen LogP contribution >= 0.6 is 0 Å². The molecule has 14 heavy (non-hydrogen) atoms. The number of aryl methyl sites for hydroxylation is 1. The minimum absolute atomic E-state index is 0.177. The fourth-order valence-electron chi connectivity index (χ4n) is 1.78. The third-order valence-corrected chi connectivity index (χ3v) is 2.85. The molecule has 2 atom stereocenters. The molecule has 0 saturated heterocycles. The molecule has 0 unspecified atom stereocenters. The van der Waals surface area contributed by atoms with Gasteiger partial charge in [-0.3, -0.25) is 0 Å². The standard InChI is InChI=1S/C13H20O/c1-3-13(11(2)14)10-9-12-7-5-4-6-8-12/h4-8,11,13-14H,3,9-10H2,1-2H3/t11-,13+/m0/s1. The molecule has 1 nitrogen and oxygen atoms in total. The van der Waals surface area contributed by atoms with E-state index in [4.69, 9.17) is 0 Å². The van der Waals surface area contributed by atoms with Gasteiger partial charge in [-0.25, -0.2) is 0 Å². The Morgan fingerprint density at radius 2 is 1.86 bits per heavy atom. The summed E-state index contributed by atoms with van der Waals surface area (Å²) < 4.78 is 0. The van der Waals surface area contributed by atoms with Crippen molar-refractivity contribution in [3.63, 3.8) is 0 Å². The molecule has 0 aliphatic heterocycles. The molecule has 1 aromatic carbocycles. The van der Waals surface area contributed by atoms with Crippen molar-refractivity contribution in [1.82, 2.24) is 0 Å². The van der Waals surface area contributed by atoms with Crippen LogP contribution in [-0.4, -0.2) is 11.2 Å². The van der Waals surface area contributed by atoms with Crippen LogP contribution in [0.1, 0.15) is 32.3 Å². The van der Waals surface area contributed by atoms with Crippen LogP contribution < -0.4 is 0 Å². The van der Waals surface area contributed by atoms with Gasteiger partial charge in [-0.15, -0.1) is 0 Å². The lowest BCUT2D eigenvalue weighted by Gasteiger charge is -2.17. The van der Waals surface area contributed by atoms with Gasteiger partial charge in [0.2, 0.25) is 0 Å². The van der Waals surface area contributed by atoms with E-state index in [1.54, 1.807) is 0 Å². The van der Waals surface area contributed by atoms with Gasteiger partial charge in [-0.1, -0.05) is 43.7 Å². The van der Waals surface area contributed by atoms with Crippen LogP contribution in [0.15, 0.2) is 30.3 Å². The summed E-state index contributed by atoms with van der Waals surface area (Å²) in [7, 11) is 0. The van der Waals surface area contributed by atoms with Crippen LogP contribution in [0.2, 0.25) is 0 Å². The first-order valence-electron chi connectivity index (χ1n) is 5.46. The Hall–Kier alpha value is -0.820. The van der Waals surface area contributed by atoms with Gasteiger partial charge in [0.25, 0.3) is 0 Å². The molecule has 0 amide bonds. The van der Waals surface area contributed by atoms with Crippen molar-refractivity contribution in [3.8, 4) is 0 Å². The van der Waals surface area contributed by atoms with Gasteiger partial charge in [0, 0.05) is 0 Å². The molecule has 0 aliphatic rings. The predicted molar refractivity (Wildman–Crippen MR) is 60.2 cm³/mol. The van der Waals surface area contributed by atoms with Crippen molar-refractivity contribution in [2.24, 2.45) is 5.92 Å². The van der Waals surface area contributed by atoms with Crippen LogP contribution in [0.5, 0.6) is 0 Å². The quantitative estimate of drug-likeness (QED) is 0.760. The Bertz CT molecular complexity index is 241. The van der Waals surface area contributed by atoms with E-state index in [1.807, 2.05) is 13.0 Å². The number of rotatable bonds is 5. The fourth-order valence-corrected chi connectivity index (χ4v) is 1.78. The number of hydrogen-bond donors (Lipinski definition) is 1. The van der Waals surface area contributed by atoms with E-state index in [0.29, 0.717) is 5.92 Å². The smallest absolute Gasteiger partial charge is 0.0540 e. The molecule has 0 spiro atoms. The summed E-state index contributed by atoms with van der Waals surface area (Å²) in [6.07, 6.45) is 3.04. The summed E-state index contributed by atoms with van der Waals surface area (Å²) >= 11 is 0. The minimum Gasteiger partial charge on any atom is -0.393 e. The first kappa shape index (κ1) is 11.3. The second-order valence-electron chi connectivity index (χ2n) is 3.93. The minimum atomic E-state index is -0.177. The van der Waals surface area contributed by atoms with Gasteiger partial charge in [0.05, 0.1) is 6.10 Å². The SMILES string of the molecule is CC[C@H](CCc1ccccc1)[C@H](C)O. The molecule has 78 valence electrons. The molecule has 1 heteroatoms. The van der Waals surface area contributed by atoms with Crippen molar-refractivity contribution in [2.75, 3.05) is 0 Å². The first-order valence-corrected chi connectivity index (χ1v) is 5.46. The number of aliphatic hydroxyl groups excluding tert-OH is 1. The predicted octanol–water partition coefficient (Wildman–Crippen LogP) is 3.03. The van der Waals surface area contributed by atoms with Crippen LogP contribution in [0.4, 0.5) is 0 Å². The molecule has 0 saturated carbocycles. The normalized spacial score (nSPS) is 15.1. The average molecular weight is 192 g/mol. The van der Waals surface area contributed by atoms with Crippen LogP contribution in [-0.2, 0) is 6.42 Å². The van der Waals surface area contributed by atoms with Gasteiger partial charge < -0.3 is 5.11 Å². The summed E-state index contributed by atoms with van der Waals surface area (Å²) in [5.74, 6) is 0.440. The summed E-state index contributed by atoms with van der Waals surface area (Å²) in [4.78, 5) is 0. The number of aliphatic hydroxyl groups is 1. The molecule has 0 fully saturated rings. The Balaban J connectivity index is 2.40. The molecule has 0 aromatic heterocycles. The molecular weight excluding hydrogens is 172 g/mol. The zero-order valence-corrected chi connectivity index (χ0v) is 9.11. The van der Waals surface area contributed by atoms with Crippen LogP contribution in [0.25, 0.3) is 0 Å². The number of benzene rings is 1. The summed E-state index contributed by atoms with van der Waals surface area (Å²) in [5.41, 5.74) is 1.37. The highest BCUT2D eigenvalue weighted by Gasteiger charge is 2.11. The second kappa shape index (κ2) is 5.82. The topological polar surface area (TPSA) is 20.2 Å². The second-order valence-corrected chi connectivity index (χ2v) is 3.93. The Kier molecular flexibility index (Phi) is 4.68. The summed E-state index contributed by atoms with van der Waals surface area (Å²) in [6, 6.07) is 10.5. The van der Waals surface area contributed by atoms with Gasteiger partial charge in [-0.2, -0.15) is 0 Å². The van der Waals surface area contributed by atoms with Crippen molar-refractivity contribution in [3.05, 3.63) is 35.9 Å². The Morgan fingerprint density at radius 1 is 1.21 bits per heavy atom. The monoisotopic (exact) mass is 192 g/mol. The fraction of sp³-hybridized carbons (Fsp3) is 0.538. The van der Waals surface area contributed by atoms with E-state index in [1.165, 1.54) is 5.56 Å². The Morgan fingerprint density at radius 3 is 2.36 bits per heavy atom. The summed E-state index contributed by atoms with van der Waals surface area (Å²) in [5, 5.41) is 9.49. The van der Waals surface area contributed by atoms with E-state index in [9.17, 15) is 5.11 Å². The Labute approximate surface area is 86.8 Å². The lowest BCUT2D eigenvalue weighted by atomic mass is 9.93. The van der Waals surface area contributed by atoms with Crippen molar-refractivity contribution >= 4 is 0 Å². The van der Waals surface area contributed by atoms with Gasteiger partial charge in [0.1, 0.15) is 0 Å². The molecule has 1 rings (SSSR count). The van der Waals surface area contributed by atoms with Crippen LogP contribution in [0, 0.1) is 5.92 Å². The van der Waals surface area contributed by atoms with E-state index in [-0.39, 0.29) is 6.10 Å². The molecule has 1 aromatic rings. The van der Waals surface area contributed by atoms with Gasteiger partial charge >= 0.3 is 0 Å². The molecule has 0 bridgehead atoms. The lowest BCUT2D eigenvalue weighted by molar-refractivity contribution is 0.118. The maximum Gasteiger partial charge on any atom is 0.0540 e. The number of hydrogen-bond acceptors (Lipinski definition) is 1. The van der Waals surface area contributed by atoms with Crippen molar-refractivity contribution < 1.29 is 5.11 Å². The highest BCUT2D eigenvalue weighted by Crippen LogP contribution is 2.16. The maximum absolute atomic E-state index is 9.49. The highest BCUT2D eigenvalue weighted by molar-refractivity contribution is 5.14. The van der Waals surface area contributed by atoms with E-state index >= 15 is 0 Å². The van der Waals surface area contributed by atoms with E-state index in [2.05, 4.69) is 31.2 Å². The molecule has 0 radical (unpaired) electrons. The largest absolute Gasteiger partial charge is 0.393 e. The third-order valence-electron chi connectivity index (χ3n) is 2.85. The zero-order valence-electron chi connectivity index (χ0n) is 9.11. The molecular formula is C13H20O. The zero-order chi connectivity index (χ0) is 10.4. The first-order chi connectivity index (χ1) is 6.74. The van der Waals surface area contributed by atoms with Crippen molar-refractivity contribution in [1.29, 1.82) is 0 Å². The third kappa shape index (κ3) is 3.51. The lowest BCUT2D eigenvalue weighted by Crippen LogP contribution is -2.16. The van der Waals surface area contributed by atoms with Crippen LogP contribution in [0.3, 0.4) is 0 Å². The van der Waals surface area contributed by atoms with E-state index < -0.39 is 0 Å². The molecule has 0 heterocycles. The average Bonchev–Trinajstić information content (AvgIpc) is 2.20. The highest BCUT2D eigenvalue weighted by atomic mass is 16.3. The van der Waals surface area contributed by atoms with E-state index in [0.717, 1.165) is 19.3 Å².